The number of phenolic OH excluding ortho intramolecular Hbond substituents is 2. The van der Waals surface area contributed by atoms with Crippen LogP contribution in [-0.4, -0.2) is 75.3 Å². The van der Waals surface area contributed by atoms with E-state index < -0.39 is 11.6 Å². The molecule has 2 heterocycles. The summed E-state index contributed by atoms with van der Waals surface area (Å²) in [6.45, 7) is 0. The van der Waals surface area contributed by atoms with E-state index in [0.29, 0.717) is 51.6 Å². The van der Waals surface area contributed by atoms with Crippen molar-refractivity contribution in [1.82, 2.24) is 0 Å². The fourth-order valence-corrected chi connectivity index (χ4v) is 6.37. The number of hydrogen-bond donors (Lipinski definition) is 2. The Morgan fingerprint density at radius 2 is 1.23 bits per heavy atom. The molecule has 0 atom stereocenters. The number of aromatic hydroxyl groups is 2. The van der Waals surface area contributed by atoms with Crippen molar-refractivity contribution in [2.45, 2.75) is 5.60 Å². The Labute approximate surface area is 255 Å². The van der Waals surface area contributed by atoms with Crippen molar-refractivity contribution < 1.29 is 24.5 Å². The molecule has 2 aliphatic heterocycles. The van der Waals surface area contributed by atoms with Gasteiger partial charge in [-0.1, -0.05) is 0 Å². The molecule has 0 aromatic heterocycles. The monoisotopic (exact) mass is 692 g/mol. The van der Waals surface area contributed by atoms with Gasteiger partial charge in [0.25, 0.3) is 0 Å². The predicted octanol–water partition coefficient (Wildman–Crippen LogP) is 5.42. The van der Waals surface area contributed by atoms with Crippen molar-refractivity contribution >= 4 is 129 Å². The normalized spacial score (nSPS) is 14.4. The quantitative estimate of drug-likeness (QED) is 0.142. The first-order valence-corrected chi connectivity index (χ1v) is 11.4. The van der Waals surface area contributed by atoms with Crippen LogP contribution in [-0.2, 0) is 10.3 Å². The van der Waals surface area contributed by atoms with Crippen LogP contribution in [0.4, 0.5) is 0 Å². The van der Waals surface area contributed by atoms with Gasteiger partial charge >= 0.3 is 65.1 Å². The molecule has 5 nitrogen and oxygen atoms in total. The van der Waals surface area contributed by atoms with Gasteiger partial charge in [-0.2, -0.15) is 0 Å². The average molecular weight is 696 g/mol. The molecule has 5 rings (SSSR count). The summed E-state index contributed by atoms with van der Waals surface area (Å²) < 4.78 is 14.6. The molecule has 0 radical (unpaired) electrons. The second-order valence-corrected chi connectivity index (χ2v) is 9.71. The summed E-state index contributed by atoms with van der Waals surface area (Å²) in [5, 5.41) is 20.0. The average Bonchev–Trinajstić information content (AvgIpc) is 2.97. The first kappa shape index (κ1) is 26.1. The summed E-state index contributed by atoms with van der Waals surface area (Å²) in [6.07, 6.45) is 0. The molecule has 31 heavy (non-hydrogen) atoms. The standard InChI is InChI=1S/C20H8Br4O5.2Na.2H/c21-15-13-14(16(22)18(24)17(15)23)20(29-19(13)27)9-3-1-7(25)5-11(9)28-12-6-8(26)2-4-10(12)20;;;;/h1-6,25-26H;;;;. The Morgan fingerprint density at radius 3 is 1.74 bits per heavy atom. The predicted molar refractivity (Wildman–Crippen MR) is 133 cm³/mol. The first-order valence-electron chi connectivity index (χ1n) is 8.20. The summed E-state index contributed by atoms with van der Waals surface area (Å²) in [5.74, 6) is 0.144. The van der Waals surface area contributed by atoms with E-state index in [4.69, 9.17) is 9.47 Å². The van der Waals surface area contributed by atoms with Crippen LogP contribution < -0.4 is 4.74 Å². The molecule has 0 unspecified atom stereocenters. The summed E-state index contributed by atoms with van der Waals surface area (Å²) in [4.78, 5) is 13.1. The Bertz CT molecular complexity index is 1210. The third-order valence-electron chi connectivity index (χ3n) is 4.98. The molecule has 11 heteroatoms. The summed E-state index contributed by atoms with van der Waals surface area (Å²) in [7, 11) is 0. The SMILES string of the molecule is O=C1OC2(c3ccc(O)cc3Oc3cc(O)ccc32)c2c(Br)c(Br)c(Br)c(Br)c21.[NaH].[NaH]. The van der Waals surface area contributed by atoms with E-state index in [-0.39, 0.29) is 70.6 Å². The van der Waals surface area contributed by atoms with Gasteiger partial charge in [0.2, 0.25) is 0 Å². The third kappa shape index (κ3) is 3.72. The van der Waals surface area contributed by atoms with Crippen LogP contribution in [0, 0.1) is 0 Å². The molecule has 3 aromatic rings. The number of carbonyl (C=O) groups is 1. The summed E-state index contributed by atoms with van der Waals surface area (Å²) in [5.41, 5.74) is 0.741. The molecule has 2 aliphatic rings. The molecule has 0 aliphatic carbocycles. The number of esters is 1. The molecule has 0 amide bonds. The molecular weight excluding hydrogens is 686 g/mol. The van der Waals surface area contributed by atoms with Gasteiger partial charge in [-0.25, -0.2) is 4.79 Å². The van der Waals surface area contributed by atoms with Gasteiger partial charge in [0, 0.05) is 46.7 Å². The number of ether oxygens (including phenoxy) is 2. The zero-order valence-corrected chi connectivity index (χ0v) is 20.4. The topological polar surface area (TPSA) is 76.0 Å². The molecule has 0 bridgehead atoms. The molecule has 1 spiro atoms. The number of carbonyl (C=O) groups excluding carboxylic acids is 1. The Kier molecular flexibility index (Phi) is 7.77. The van der Waals surface area contributed by atoms with E-state index in [2.05, 4.69) is 63.7 Å². The molecule has 2 N–H and O–H groups in total. The van der Waals surface area contributed by atoms with E-state index >= 15 is 0 Å². The van der Waals surface area contributed by atoms with Gasteiger partial charge in [-0.15, -0.1) is 0 Å². The van der Waals surface area contributed by atoms with Crippen LogP contribution in [0.1, 0.15) is 27.0 Å². The number of halogens is 4. The number of fused-ring (bicyclic) bond motifs is 6. The number of rotatable bonds is 0. The molecule has 150 valence electrons. The van der Waals surface area contributed by atoms with Crippen molar-refractivity contribution in [3.05, 3.63) is 76.5 Å². The molecular formula is C20H10Br4Na2O5. The minimum atomic E-state index is -1.33. The Morgan fingerprint density at radius 1 is 0.742 bits per heavy atom. The van der Waals surface area contributed by atoms with Crippen LogP contribution >= 0.6 is 63.7 Å². The van der Waals surface area contributed by atoms with Crippen molar-refractivity contribution in [2.24, 2.45) is 0 Å². The van der Waals surface area contributed by atoms with Gasteiger partial charge < -0.3 is 19.7 Å². The van der Waals surface area contributed by atoms with Gasteiger partial charge in [0.15, 0.2) is 5.60 Å². The maximum atomic E-state index is 13.1. The van der Waals surface area contributed by atoms with Gasteiger partial charge in [0.1, 0.15) is 23.0 Å². The van der Waals surface area contributed by atoms with E-state index in [0.717, 1.165) is 0 Å². The second-order valence-electron chi connectivity index (χ2n) is 6.54. The fraction of sp³-hybridized carbons (Fsp3) is 0.0500. The van der Waals surface area contributed by atoms with E-state index in [9.17, 15) is 15.0 Å². The summed E-state index contributed by atoms with van der Waals surface area (Å²) >= 11 is 14.2. The summed E-state index contributed by atoms with van der Waals surface area (Å²) in [6, 6.07) is 9.26. The van der Waals surface area contributed by atoms with Crippen LogP contribution in [0.5, 0.6) is 23.0 Å². The first-order chi connectivity index (χ1) is 13.8. The molecule has 0 saturated heterocycles. The van der Waals surface area contributed by atoms with E-state index in [1.807, 2.05) is 0 Å². The molecule has 0 saturated carbocycles. The van der Waals surface area contributed by atoms with Crippen LogP contribution in [0.25, 0.3) is 0 Å². The Balaban J connectivity index is 0.00000136. The fourth-order valence-electron chi connectivity index (χ4n) is 3.81. The van der Waals surface area contributed by atoms with Crippen molar-refractivity contribution in [2.75, 3.05) is 0 Å². The molecule has 3 aromatic carbocycles. The molecule has 0 fully saturated rings. The number of phenols is 2. The van der Waals surface area contributed by atoms with Crippen LogP contribution in [0.15, 0.2) is 54.3 Å². The van der Waals surface area contributed by atoms with Crippen LogP contribution in [0.2, 0.25) is 0 Å². The number of hydrogen-bond acceptors (Lipinski definition) is 5. The Hall–Kier alpha value is 0.450. The van der Waals surface area contributed by atoms with Crippen LogP contribution in [0.3, 0.4) is 0 Å². The van der Waals surface area contributed by atoms with E-state index in [1.165, 1.54) is 24.3 Å². The van der Waals surface area contributed by atoms with Gasteiger partial charge in [-0.3, -0.25) is 0 Å². The number of benzene rings is 3. The minimum absolute atomic E-state index is 0. The maximum absolute atomic E-state index is 13.1. The van der Waals surface area contributed by atoms with Crippen molar-refractivity contribution in [3.63, 3.8) is 0 Å². The van der Waals surface area contributed by atoms with E-state index in [1.54, 1.807) is 12.1 Å². The third-order valence-corrected chi connectivity index (χ3v) is 9.75. The zero-order chi connectivity index (χ0) is 20.7. The van der Waals surface area contributed by atoms with Crippen molar-refractivity contribution in [1.29, 1.82) is 0 Å². The van der Waals surface area contributed by atoms with Crippen molar-refractivity contribution in [3.8, 4) is 23.0 Å². The zero-order valence-electron chi connectivity index (χ0n) is 14.1. The second kappa shape index (κ2) is 9.24. The van der Waals surface area contributed by atoms with Gasteiger partial charge in [0.05, 0.1) is 5.56 Å². The van der Waals surface area contributed by atoms with Gasteiger partial charge in [-0.05, 0) is 88.0 Å².